The number of halogens is 1. The van der Waals surface area contributed by atoms with E-state index in [9.17, 15) is 4.39 Å². The van der Waals surface area contributed by atoms with E-state index in [-0.39, 0.29) is 5.82 Å². The third-order valence-electron chi connectivity index (χ3n) is 2.68. The Bertz CT molecular complexity index is 405. The summed E-state index contributed by atoms with van der Waals surface area (Å²) in [6, 6.07) is 6.43. The van der Waals surface area contributed by atoms with Crippen molar-refractivity contribution < 1.29 is 4.39 Å². The molecule has 15 heavy (non-hydrogen) atoms. The van der Waals surface area contributed by atoms with Crippen molar-refractivity contribution in [3.05, 3.63) is 29.6 Å². The summed E-state index contributed by atoms with van der Waals surface area (Å²) in [6.45, 7) is 0.953. The van der Waals surface area contributed by atoms with E-state index in [2.05, 4.69) is 0 Å². The largest absolute Gasteiger partial charge is 0.374 e. The molecular weight excluding hydrogens is 191 g/mol. The zero-order chi connectivity index (χ0) is 10.8. The van der Waals surface area contributed by atoms with Crippen LogP contribution in [-0.2, 0) is 0 Å². The Kier molecular flexibility index (Phi) is 2.59. The summed E-state index contributed by atoms with van der Waals surface area (Å²) in [5, 5.41) is 8.73. The highest BCUT2D eigenvalue weighted by atomic mass is 19.1. The normalized spacial score (nSPS) is 14.7. The van der Waals surface area contributed by atoms with E-state index >= 15 is 0 Å². The molecule has 2 nitrogen and oxygen atoms in total. The molecule has 0 atom stereocenters. The molecule has 1 aliphatic carbocycles. The third kappa shape index (κ3) is 2.47. The van der Waals surface area contributed by atoms with E-state index in [1.165, 1.54) is 25.0 Å². The Hall–Kier alpha value is -1.56. The fourth-order valence-corrected chi connectivity index (χ4v) is 1.65. The van der Waals surface area contributed by atoms with Crippen LogP contribution in [0.15, 0.2) is 18.2 Å². The van der Waals surface area contributed by atoms with Crippen LogP contribution in [0, 0.1) is 23.1 Å². The van der Waals surface area contributed by atoms with Crippen LogP contribution in [0.1, 0.15) is 18.4 Å². The maximum Gasteiger partial charge on any atom is 0.126 e. The van der Waals surface area contributed by atoms with Gasteiger partial charge in [-0.15, -0.1) is 0 Å². The minimum Gasteiger partial charge on any atom is -0.374 e. The van der Waals surface area contributed by atoms with Gasteiger partial charge in [-0.3, -0.25) is 0 Å². The lowest BCUT2D eigenvalue weighted by Gasteiger charge is -2.19. The molecule has 1 aliphatic rings. The monoisotopic (exact) mass is 204 g/mol. The summed E-state index contributed by atoms with van der Waals surface area (Å²) >= 11 is 0. The average Bonchev–Trinajstić information content (AvgIpc) is 3.00. The van der Waals surface area contributed by atoms with E-state index in [1.807, 2.05) is 18.0 Å². The van der Waals surface area contributed by atoms with Crippen molar-refractivity contribution in [2.24, 2.45) is 5.92 Å². The molecule has 2 rings (SSSR count). The molecule has 0 unspecified atom stereocenters. The Balaban J connectivity index is 2.18. The molecule has 0 radical (unpaired) electrons. The van der Waals surface area contributed by atoms with Gasteiger partial charge in [-0.05, 0) is 37.0 Å². The lowest BCUT2D eigenvalue weighted by molar-refractivity contribution is 0.626. The average molecular weight is 204 g/mol. The molecule has 0 bridgehead atoms. The summed E-state index contributed by atoms with van der Waals surface area (Å²) in [5.41, 5.74) is 1.17. The van der Waals surface area contributed by atoms with E-state index in [0.29, 0.717) is 5.56 Å². The first-order chi connectivity index (χ1) is 7.19. The van der Waals surface area contributed by atoms with Crippen LogP contribution in [0.25, 0.3) is 0 Å². The second-order valence-corrected chi connectivity index (χ2v) is 4.13. The van der Waals surface area contributed by atoms with Gasteiger partial charge >= 0.3 is 0 Å². The minimum atomic E-state index is -0.341. The van der Waals surface area contributed by atoms with Crippen molar-refractivity contribution in [1.29, 1.82) is 5.26 Å². The first kappa shape index (κ1) is 9.97. The molecular formula is C12H13FN2. The summed E-state index contributed by atoms with van der Waals surface area (Å²) in [4.78, 5) is 2.02. The van der Waals surface area contributed by atoms with Gasteiger partial charge in [0.15, 0.2) is 0 Å². The molecule has 78 valence electrons. The topological polar surface area (TPSA) is 27.0 Å². The molecule has 1 fully saturated rings. The second kappa shape index (κ2) is 3.90. The standard InChI is InChI=1S/C12H13FN2/c1-15(8-9-2-3-9)12-5-10(7-14)4-11(13)6-12/h4-6,9H,2-3,8H2,1H3. The molecule has 1 aromatic rings. The van der Waals surface area contributed by atoms with Gasteiger partial charge in [-0.1, -0.05) is 0 Å². The zero-order valence-electron chi connectivity index (χ0n) is 8.70. The third-order valence-corrected chi connectivity index (χ3v) is 2.68. The van der Waals surface area contributed by atoms with Gasteiger partial charge < -0.3 is 4.90 Å². The predicted octanol–water partition coefficient (Wildman–Crippen LogP) is 2.54. The van der Waals surface area contributed by atoms with Crippen molar-refractivity contribution in [1.82, 2.24) is 0 Å². The number of hydrogen-bond donors (Lipinski definition) is 0. The Labute approximate surface area is 88.9 Å². The molecule has 0 amide bonds. The Morgan fingerprint density at radius 3 is 2.80 bits per heavy atom. The van der Waals surface area contributed by atoms with E-state index in [0.717, 1.165) is 18.2 Å². The first-order valence-corrected chi connectivity index (χ1v) is 5.11. The highest BCUT2D eigenvalue weighted by Gasteiger charge is 2.23. The molecule has 3 heteroatoms. The number of anilines is 1. The highest BCUT2D eigenvalue weighted by Crippen LogP contribution is 2.31. The van der Waals surface area contributed by atoms with Crippen LogP contribution < -0.4 is 4.90 Å². The molecule has 0 heterocycles. The van der Waals surface area contributed by atoms with Crippen LogP contribution in [0.4, 0.5) is 10.1 Å². The van der Waals surface area contributed by atoms with Crippen LogP contribution in [0.2, 0.25) is 0 Å². The van der Waals surface area contributed by atoms with Gasteiger partial charge in [0.05, 0.1) is 11.6 Å². The Morgan fingerprint density at radius 1 is 1.47 bits per heavy atom. The van der Waals surface area contributed by atoms with Gasteiger partial charge in [0, 0.05) is 19.3 Å². The first-order valence-electron chi connectivity index (χ1n) is 5.11. The maximum atomic E-state index is 13.2. The van der Waals surface area contributed by atoms with Gasteiger partial charge in [0.25, 0.3) is 0 Å². The van der Waals surface area contributed by atoms with E-state index < -0.39 is 0 Å². The molecule has 0 N–H and O–H groups in total. The summed E-state index contributed by atoms with van der Waals surface area (Å²) in [6.07, 6.45) is 2.54. The van der Waals surface area contributed by atoms with Crippen LogP contribution >= 0.6 is 0 Å². The highest BCUT2D eigenvalue weighted by molar-refractivity contribution is 5.51. The van der Waals surface area contributed by atoms with Crippen molar-refractivity contribution in [2.45, 2.75) is 12.8 Å². The number of benzene rings is 1. The fraction of sp³-hybridized carbons (Fsp3) is 0.417. The number of nitrogens with zero attached hydrogens (tertiary/aromatic N) is 2. The van der Waals surface area contributed by atoms with Crippen molar-refractivity contribution in [2.75, 3.05) is 18.5 Å². The second-order valence-electron chi connectivity index (χ2n) is 4.13. The molecule has 1 aromatic carbocycles. The zero-order valence-corrected chi connectivity index (χ0v) is 8.70. The summed E-state index contributed by atoms with van der Waals surface area (Å²) < 4.78 is 13.2. The van der Waals surface area contributed by atoms with Gasteiger partial charge in [-0.2, -0.15) is 5.26 Å². The van der Waals surface area contributed by atoms with Crippen LogP contribution in [0.3, 0.4) is 0 Å². The molecule has 1 saturated carbocycles. The van der Waals surface area contributed by atoms with Crippen LogP contribution in [0.5, 0.6) is 0 Å². The van der Waals surface area contributed by atoms with Gasteiger partial charge in [0.1, 0.15) is 5.82 Å². The van der Waals surface area contributed by atoms with Crippen LogP contribution in [-0.4, -0.2) is 13.6 Å². The molecule has 0 spiro atoms. The smallest absolute Gasteiger partial charge is 0.126 e. The maximum absolute atomic E-state index is 13.2. The summed E-state index contributed by atoms with van der Waals surface area (Å²) in [5.74, 6) is 0.413. The Morgan fingerprint density at radius 2 is 2.20 bits per heavy atom. The SMILES string of the molecule is CN(CC1CC1)c1cc(F)cc(C#N)c1. The lowest BCUT2D eigenvalue weighted by Crippen LogP contribution is -2.20. The van der Waals surface area contributed by atoms with Crippen molar-refractivity contribution in [3.63, 3.8) is 0 Å². The minimum absolute atomic E-state index is 0.341. The fourth-order valence-electron chi connectivity index (χ4n) is 1.65. The predicted molar refractivity (Wildman–Crippen MR) is 57.1 cm³/mol. The lowest BCUT2D eigenvalue weighted by atomic mass is 10.2. The van der Waals surface area contributed by atoms with E-state index in [1.54, 1.807) is 6.07 Å². The van der Waals surface area contributed by atoms with Crippen molar-refractivity contribution in [3.8, 4) is 6.07 Å². The van der Waals surface area contributed by atoms with E-state index in [4.69, 9.17) is 5.26 Å². The quantitative estimate of drug-likeness (QED) is 0.756. The number of hydrogen-bond acceptors (Lipinski definition) is 2. The van der Waals surface area contributed by atoms with Gasteiger partial charge in [-0.25, -0.2) is 4.39 Å². The molecule has 0 aromatic heterocycles. The molecule has 0 saturated heterocycles. The van der Waals surface area contributed by atoms with Crippen molar-refractivity contribution >= 4 is 5.69 Å². The number of nitriles is 1. The summed E-state index contributed by atoms with van der Waals surface area (Å²) in [7, 11) is 1.94. The molecule has 0 aliphatic heterocycles. The van der Waals surface area contributed by atoms with Gasteiger partial charge in [0.2, 0.25) is 0 Å². The number of rotatable bonds is 3.